The summed E-state index contributed by atoms with van der Waals surface area (Å²) in [4.78, 5) is 1.48. The molecule has 25 heavy (non-hydrogen) atoms. The van der Waals surface area contributed by atoms with Crippen molar-refractivity contribution < 1.29 is 5.11 Å². The molecule has 1 heterocycles. The summed E-state index contributed by atoms with van der Waals surface area (Å²) in [6.07, 6.45) is 1.02. The lowest BCUT2D eigenvalue weighted by atomic mass is 9.72. The highest BCUT2D eigenvalue weighted by Crippen LogP contribution is 2.38. The Morgan fingerprint density at radius 3 is 2.32 bits per heavy atom. The fraction of sp³-hybridized carbons (Fsp3) is 0.400. The fourth-order valence-corrected chi connectivity index (χ4v) is 3.69. The second kappa shape index (κ2) is 6.03. The van der Waals surface area contributed by atoms with Crippen LogP contribution in [0.4, 0.5) is 0 Å². The van der Waals surface area contributed by atoms with Crippen molar-refractivity contribution in [2.75, 3.05) is 0 Å². The second-order valence-corrected chi connectivity index (χ2v) is 8.88. The molecule has 0 radical (unpaired) electrons. The predicted molar refractivity (Wildman–Crippen MR) is 103 cm³/mol. The zero-order chi connectivity index (χ0) is 18.4. The Labute approximate surface area is 153 Å². The van der Waals surface area contributed by atoms with Crippen molar-refractivity contribution in [1.29, 1.82) is 0 Å². The van der Waals surface area contributed by atoms with Gasteiger partial charge < -0.3 is 5.11 Å². The Morgan fingerprint density at radius 2 is 1.64 bits per heavy atom. The van der Waals surface area contributed by atoms with Crippen molar-refractivity contribution >= 4 is 22.6 Å². The summed E-state index contributed by atoms with van der Waals surface area (Å²) < 4.78 is 0. The van der Waals surface area contributed by atoms with Crippen molar-refractivity contribution in [2.24, 2.45) is 5.41 Å². The number of rotatable bonds is 3. The molecule has 0 spiro atoms. The Balaban J connectivity index is 2.07. The van der Waals surface area contributed by atoms with Gasteiger partial charge in [-0.05, 0) is 53.1 Å². The average molecular weight is 358 g/mol. The van der Waals surface area contributed by atoms with Crippen LogP contribution in [0.5, 0.6) is 5.75 Å². The first-order valence-corrected chi connectivity index (χ1v) is 8.79. The highest BCUT2D eigenvalue weighted by atomic mass is 35.5. The fourth-order valence-electron chi connectivity index (χ4n) is 3.53. The van der Waals surface area contributed by atoms with E-state index >= 15 is 0 Å². The molecule has 0 aliphatic rings. The molecule has 0 atom stereocenters. The van der Waals surface area contributed by atoms with Crippen molar-refractivity contribution in [2.45, 2.75) is 46.5 Å². The van der Waals surface area contributed by atoms with Gasteiger partial charge in [0.1, 0.15) is 22.5 Å². The molecule has 0 aliphatic heterocycles. The summed E-state index contributed by atoms with van der Waals surface area (Å²) in [6, 6.07) is 11.0. The number of halogens is 1. The van der Waals surface area contributed by atoms with Crippen LogP contribution in [-0.4, -0.2) is 20.1 Å². The number of benzene rings is 2. The van der Waals surface area contributed by atoms with E-state index in [4.69, 9.17) is 11.6 Å². The molecular formula is C20H24ClN3O. The molecule has 132 valence electrons. The number of hydrogen-bond acceptors (Lipinski definition) is 3. The summed E-state index contributed by atoms with van der Waals surface area (Å²) in [6.45, 7) is 11.2. The lowest BCUT2D eigenvalue weighted by Crippen LogP contribution is -2.25. The van der Waals surface area contributed by atoms with E-state index in [1.807, 2.05) is 18.2 Å². The standard InChI is InChI=1S/C20H24ClN3O/c1-19(2,3)12-20(4,5)13-6-9-18(25)17(10-13)24-22-15-8-7-14(21)11-16(15)23-24/h6-11,25H,12H2,1-5H3. The van der Waals surface area contributed by atoms with Crippen molar-refractivity contribution in [3.05, 3.63) is 47.0 Å². The Morgan fingerprint density at radius 1 is 0.960 bits per heavy atom. The summed E-state index contributed by atoms with van der Waals surface area (Å²) in [5.41, 5.74) is 3.34. The van der Waals surface area contributed by atoms with Gasteiger partial charge in [0.25, 0.3) is 0 Å². The number of fused-ring (bicyclic) bond motifs is 1. The maximum absolute atomic E-state index is 10.3. The lowest BCUT2D eigenvalue weighted by Gasteiger charge is -2.33. The van der Waals surface area contributed by atoms with Gasteiger partial charge >= 0.3 is 0 Å². The van der Waals surface area contributed by atoms with E-state index in [1.54, 1.807) is 18.2 Å². The van der Waals surface area contributed by atoms with Crippen LogP contribution in [0.3, 0.4) is 0 Å². The largest absolute Gasteiger partial charge is 0.506 e. The maximum atomic E-state index is 10.3. The molecule has 0 aliphatic carbocycles. The highest BCUT2D eigenvalue weighted by molar-refractivity contribution is 6.31. The number of phenolic OH excluding ortho intramolecular Hbond substituents is 1. The molecule has 3 rings (SSSR count). The molecule has 5 heteroatoms. The Bertz CT molecular complexity index is 922. The maximum Gasteiger partial charge on any atom is 0.143 e. The third kappa shape index (κ3) is 3.79. The Hall–Kier alpha value is -2.07. The lowest BCUT2D eigenvalue weighted by molar-refractivity contribution is 0.284. The van der Waals surface area contributed by atoms with E-state index in [1.165, 1.54) is 4.80 Å². The molecule has 1 aromatic heterocycles. The molecule has 2 aromatic carbocycles. The molecule has 0 fully saturated rings. The summed E-state index contributed by atoms with van der Waals surface area (Å²) in [5, 5.41) is 19.9. The minimum atomic E-state index is -0.0312. The molecule has 0 unspecified atom stereocenters. The van der Waals surface area contributed by atoms with Gasteiger partial charge in [0, 0.05) is 5.02 Å². The zero-order valence-corrected chi connectivity index (χ0v) is 16.1. The van der Waals surface area contributed by atoms with Gasteiger partial charge in [-0.15, -0.1) is 15.0 Å². The molecule has 1 N–H and O–H groups in total. The highest BCUT2D eigenvalue weighted by Gasteiger charge is 2.28. The van der Waals surface area contributed by atoms with Crippen LogP contribution < -0.4 is 0 Å². The molecule has 0 bridgehead atoms. The Kier molecular flexibility index (Phi) is 4.28. The smallest absolute Gasteiger partial charge is 0.143 e. The van der Waals surface area contributed by atoms with E-state index in [0.717, 1.165) is 17.5 Å². The van der Waals surface area contributed by atoms with Gasteiger partial charge in [-0.2, -0.15) is 0 Å². The van der Waals surface area contributed by atoms with E-state index in [9.17, 15) is 5.11 Å². The first-order chi connectivity index (χ1) is 11.5. The quantitative estimate of drug-likeness (QED) is 0.673. The SMILES string of the molecule is CC(C)(C)CC(C)(C)c1ccc(O)c(-n2nc3ccc(Cl)cc3n2)c1. The number of nitrogens with zero attached hydrogens (tertiary/aromatic N) is 3. The number of aromatic hydroxyl groups is 1. The first kappa shape index (κ1) is 17.7. The van der Waals surface area contributed by atoms with E-state index in [2.05, 4.69) is 44.8 Å². The number of phenols is 1. The summed E-state index contributed by atoms with van der Waals surface area (Å²) >= 11 is 6.03. The third-order valence-corrected chi connectivity index (χ3v) is 4.52. The summed E-state index contributed by atoms with van der Waals surface area (Å²) in [7, 11) is 0. The first-order valence-electron chi connectivity index (χ1n) is 8.42. The van der Waals surface area contributed by atoms with Crippen LogP contribution in [0.15, 0.2) is 36.4 Å². The molecule has 0 amide bonds. The average Bonchev–Trinajstić information content (AvgIpc) is 2.87. The molecule has 0 saturated carbocycles. The third-order valence-electron chi connectivity index (χ3n) is 4.29. The molecule has 3 aromatic rings. The van der Waals surface area contributed by atoms with Gasteiger partial charge in [0.2, 0.25) is 0 Å². The van der Waals surface area contributed by atoms with Crippen LogP contribution in [-0.2, 0) is 5.41 Å². The van der Waals surface area contributed by atoms with Crippen LogP contribution in [0.25, 0.3) is 16.7 Å². The molecular weight excluding hydrogens is 334 g/mol. The van der Waals surface area contributed by atoms with Crippen molar-refractivity contribution in [3.8, 4) is 11.4 Å². The molecule has 4 nitrogen and oxygen atoms in total. The van der Waals surface area contributed by atoms with Crippen LogP contribution in [0.1, 0.15) is 46.6 Å². The number of aromatic nitrogens is 3. The minimum Gasteiger partial charge on any atom is -0.506 e. The monoisotopic (exact) mass is 357 g/mol. The van der Waals surface area contributed by atoms with Gasteiger partial charge in [-0.25, -0.2) is 0 Å². The summed E-state index contributed by atoms with van der Waals surface area (Å²) in [5.74, 6) is 0.154. The molecule has 0 saturated heterocycles. The van der Waals surface area contributed by atoms with Gasteiger partial charge in [0.05, 0.1) is 0 Å². The minimum absolute atomic E-state index is 0.0312. The second-order valence-electron chi connectivity index (χ2n) is 8.45. The van der Waals surface area contributed by atoms with E-state index in [0.29, 0.717) is 16.2 Å². The normalized spacial score (nSPS) is 12.7. The van der Waals surface area contributed by atoms with Crippen molar-refractivity contribution in [1.82, 2.24) is 15.0 Å². The van der Waals surface area contributed by atoms with Gasteiger partial charge in [-0.3, -0.25) is 0 Å². The number of hydrogen-bond donors (Lipinski definition) is 1. The van der Waals surface area contributed by atoms with Crippen LogP contribution in [0.2, 0.25) is 5.02 Å². The van der Waals surface area contributed by atoms with Crippen LogP contribution in [0, 0.1) is 5.41 Å². The van der Waals surface area contributed by atoms with E-state index < -0.39 is 0 Å². The van der Waals surface area contributed by atoms with Gasteiger partial charge in [-0.1, -0.05) is 52.3 Å². The zero-order valence-electron chi connectivity index (χ0n) is 15.3. The predicted octanol–water partition coefficient (Wildman–Crippen LogP) is 5.49. The van der Waals surface area contributed by atoms with E-state index in [-0.39, 0.29) is 16.6 Å². The van der Waals surface area contributed by atoms with Crippen LogP contribution >= 0.6 is 11.6 Å². The topological polar surface area (TPSA) is 50.9 Å². The van der Waals surface area contributed by atoms with Crippen molar-refractivity contribution in [3.63, 3.8) is 0 Å². The van der Waals surface area contributed by atoms with Gasteiger partial charge in [0.15, 0.2) is 0 Å².